The maximum absolute atomic E-state index is 9.60. The van der Waals surface area contributed by atoms with Crippen LogP contribution in [0.15, 0.2) is 12.5 Å². The molecule has 2 fully saturated rings. The minimum Gasteiger partial charge on any atom is -0.393 e. The first-order valence-corrected chi connectivity index (χ1v) is 6.65. The van der Waals surface area contributed by atoms with Gasteiger partial charge in [0.05, 0.1) is 18.1 Å². The molecule has 2 aliphatic rings. The van der Waals surface area contributed by atoms with E-state index in [0.717, 1.165) is 26.1 Å². The number of hydrogen-bond acceptors (Lipinski definition) is 3. The van der Waals surface area contributed by atoms with Gasteiger partial charge in [0.1, 0.15) is 0 Å². The predicted octanol–water partition coefficient (Wildman–Crippen LogP) is 1.42. The first-order valence-electron chi connectivity index (χ1n) is 6.65. The number of nitrogens with zero attached hydrogens (tertiary/aromatic N) is 3. The van der Waals surface area contributed by atoms with E-state index in [1.54, 1.807) is 0 Å². The molecule has 17 heavy (non-hydrogen) atoms. The van der Waals surface area contributed by atoms with Gasteiger partial charge in [-0.05, 0) is 38.6 Å². The van der Waals surface area contributed by atoms with Crippen LogP contribution in [0.1, 0.15) is 37.9 Å². The highest BCUT2D eigenvalue weighted by atomic mass is 16.3. The van der Waals surface area contributed by atoms with E-state index in [4.69, 9.17) is 0 Å². The molecule has 1 N–H and O–H groups in total. The number of rotatable bonds is 4. The summed E-state index contributed by atoms with van der Waals surface area (Å²) in [5.41, 5.74) is 1.33. The molecule has 0 amide bonds. The summed E-state index contributed by atoms with van der Waals surface area (Å²) in [6.07, 6.45) is 7.52. The second-order valence-corrected chi connectivity index (χ2v) is 5.55. The first-order chi connectivity index (χ1) is 8.24. The van der Waals surface area contributed by atoms with E-state index in [0.29, 0.717) is 12.0 Å². The molecular formula is C13H21N3O. The van der Waals surface area contributed by atoms with Crippen LogP contribution in [0.4, 0.5) is 0 Å². The summed E-state index contributed by atoms with van der Waals surface area (Å²) in [6.45, 7) is 5.02. The third-order valence-corrected chi connectivity index (χ3v) is 4.06. The second kappa shape index (κ2) is 4.42. The molecule has 1 aromatic rings. The largest absolute Gasteiger partial charge is 0.393 e. The third-order valence-electron chi connectivity index (χ3n) is 4.06. The maximum atomic E-state index is 9.60. The number of aliphatic hydroxyl groups excluding tert-OH is 1. The molecular weight excluding hydrogens is 214 g/mol. The van der Waals surface area contributed by atoms with Crippen LogP contribution in [0.3, 0.4) is 0 Å². The average molecular weight is 235 g/mol. The van der Waals surface area contributed by atoms with Gasteiger partial charge in [-0.3, -0.25) is 4.90 Å². The molecule has 1 aliphatic heterocycles. The Morgan fingerprint density at radius 2 is 2.29 bits per heavy atom. The molecule has 4 nitrogen and oxygen atoms in total. The lowest BCUT2D eigenvalue weighted by molar-refractivity contribution is 0.127. The normalized spacial score (nSPS) is 27.5. The monoisotopic (exact) mass is 235 g/mol. The van der Waals surface area contributed by atoms with Crippen LogP contribution >= 0.6 is 0 Å². The van der Waals surface area contributed by atoms with Crippen molar-refractivity contribution in [1.29, 1.82) is 0 Å². The van der Waals surface area contributed by atoms with Gasteiger partial charge in [-0.25, -0.2) is 4.98 Å². The smallest absolute Gasteiger partial charge is 0.0951 e. The fraction of sp³-hybridized carbons (Fsp3) is 0.769. The lowest BCUT2D eigenvalue weighted by Crippen LogP contribution is -2.24. The van der Waals surface area contributed by atoms with Gasteiger partial charge in [-0.1, -0.05) is 0 Å². The van der Waals surface area contributed by atoms with Crippen LogP contribution in [0.25, 0.3) is 0 Å². The number of imidazole rings is 1. The molecule has 0 bridgehead atoms. The Balaban J connectivity index is 1.61. The third kappa shape index (κ3) is 2.38. The summed E-state index contributed by atoms with van der Waals surface area (Å²) in [4.78, 5) is 6.70. The van der Waals surface area contributed by atoms with Crippen molar-refractivity contribution >= 4 is 0 Å². The van der Waals surface area contributed by atoms with Crippen LogP contribution < -0.4 is 0 Å². The molecule has 0 spiro atoms. The van der Waals surface area contributed by atoms with Crippen molar-refractivity contribution in [3.63, 3.8) is 0 Å². The molecule has 94 valence electrons. The maximum Gasteiger partial charge on any atom is 0.0951 e. The van der Waals surface area contributed by atoms with Crippen LogP contribution in [-0.2, 0) is 6.54 Å². The van der Waals surface area contributed by atoms with Crippen molar-refractivity contribution in [3.05, 3.63) is 18.2 Å². The van der Waals surface area contributed by atoms with Gasteiger partial charge in [0.2, 0.25) is 0 Å². The molecule has 1 saturated carbocycles. The van der Waals surface area contributed by atoms with Crippen LogP contribution in [0, 0.1) is 5.92 Å². The van der Waals surface area contributed by atoms with E-state index >= 15 is 0 Å². The zero-order valence-corrected chi connectivity index (χ0v) is 10.4. The van der Waals surface area contributed by atoms with Gasteiger partial charge >= 0.3 is 0 Å². The molecule has 0 radical (unpaired) electrons. The summed E-state index contributed by atoms with van der Waals surface area (Å²) in [7, 11) is 0. The summed E-state index contributed by atoms with van der Waals surface area (Å²) in [6, 6.07) is 0.711. The summed E-state index contributed by atoms with van der Waals surface area (Å²) < 4.78 is 2.33. The predicted molar refractivity (Wildman–Crippen MR) is 65.6 cm³/mol. The second-order valence-electron chi connectivity index (χ2n) is 5.55. The molecule has 1 aromatic heterocycles. The number of hydrogen-bond donors (Lipinski definition) is 1. The highest BCUT2D eigenvalue weighted by Crippen LogP contribution is 2.36. The molecule has 2 atom stereocenters. The fourth-order valence-corrected chi connectivity index (χ4v) is 2.77. The van der Waals surface area contributed by atoms with E-state index in [2.05, 4.69) is 14.5 Å². The Kier molecular flexibility index (Phi) is 2.92. The van der Waals surface area contributed by atoms with Crippen molar-refractivity contribution in [3.8, 4) is 0 Å². The molecule has 0 aromatic carbocycles. The molecule has 1 saturated heterocycles. The fourth-order valence-electron chi connectivity index (χ4n) is 2.77. The molecule has 2 heterocycles. The van der Waals surface area contributed by atoms with Crippen LogP contribution in [0.5, 0.6) is 0 Å². The highest BCUT2D eigenvalue weighted by Gasteiger charge is 2.29. The number of aliphatic hydroxyl groups is 1. The van der Waals surface area contributed by atoms with E-state index < -0.39 is 0 Å². The molecule has 2 unspecified atom stereocenters. The molecule has 3 rings (SSSR count). The highest BCUT2D eigenvalue weighted by molar-refractivity contribution is 5.04. The minimum absolute atomic E-state index is 0.173. The summed E-state index contributed by atoms with van der Waals surface area (Å²) in [5.74, 6) is 0.451. The molecule has 4 heteroatoms. The van der Waals surface area contributed by atoms with Gasteiger partial charge in [0, 0.05) is 25.3 Å². The summed E-state index contributed by atoms with van der Waals surface area (Å²) >= 11 is 0. The van der Waals surface area contributed by atoms with Crippen LogP contribution in [0.2, 0.25) is 0 Å². The van der Waals surface area contributed by atoms with Gasteiger partial charge in [-0.15, -0.1) is 0 Å². The number of aromatic nitrogens is 2. The lowest BCUT2D eigenvalue weighted by Gasteiger charge is -2.18. The Bertz CT molecular complexity index is 384. The lowest BCUT2D eigenvalue weighted by atomic mass is 10.0. The summed E-state index contributed by atoms with van der Waals surface area (Å²) in [5, 5.41) is 9.60. The van der Waals surface area contributed by atoms with E-state index in [-0.39, 0.29) is 6.10 Å². The van der Waals surface area contributed by atoms with Crippen molar-refractivity contribution in [2.45, 2.75) is 44.9 Å². The van der Waals surface area contributed by atoms with Crippen molar-refractivity contribution in [1.82, 2.24) is 14.5 Å². The zero-order valence-electron chi connectivity index (χ0n) is 10.4. The van der Waals surface area contributed by atoms with Gasteiger partial charge in [0.25, 0.3) is 0 Å². The van der Waals surface area contributed by atoms with Crippen molar-refractivity contribution in [2.24, 2.45) is 5.92 Å². The van der Waals surface area contributed by atoms with Gasteiger partial charge < -0.3 is 9.67 Å². The Morgan fingerprint density at radius 1 is 1.47 bits per heavy atom. The average Bonchev–Trinajstić information content (AvgIpc) is 2.86. The Labute approximate surface area is 102 Å². The SMILES string of the molecule is CC(O)C1CCN(Cc2cncn2C2CC2)C1. The van der Waals surface area contributed by atoms with Crippen molar-refractivity contribution in [2.75, 3.05) is 13.1 Å². The Hall–Kier alpha value is -0.870. The zero-order chi connectivity index (χ0) is 11.8. The molecule has 1 aliphatic carbocycles. The van der Waals surface area contributed by atoms with Crippen LogP contribution in [-0.4, -0.2) is 38.8 Å². The number of likely N-dealkylation sites (tertiary alicyclic amines) is 1. The minimum atomic E-state index is -0.173. The van der Waals surface area contributed by atoms with E-state index in [9.17, 15) is 5.11 Å². The quantitative estimate of drug-likeness (QED) is 0.858. The van der Waals surface area contributed by atoms with Gasteiger partial charge in [-0.2, -0.15) is 0 Å². The van der Waals surface area contributed by atoms with Crippen molar-refractivity contribution < 1.29 is 5.11 Å². The topological polar surface area (TPSA) is 41.3 Å². The Morgan fingerprint density at radius 3 is 2.94 bits per heavy atom. The standard InChI is InChI=1S/C13H21N3O/c1-10(17)11-4-5-15(7-11)8-13-6-14-9-16(13)12-2-3-12/h6,9-12,17H,2-5,7-8H2,1H3. The van der Waals surface area contributed by atoms with E-state index in [1.165, 1.54) is 18.5 Å². The first kappa shape index (κ1) is 11.2. The van der Waals surface area contributed by atoms with Gasteiger partial charge in [0.15, 0.2) is 0 Å². The van der Waals surface area contributed by atoms with E-state index in [1.807, 2.05) is 19.4 Å².